The molecule has 1 aromatic heterocycles. The summed E-state index contributed by atoms with van der Waals surface area (Å²) in [5, 5.41) is 14.7. The number of aromatic nitrogens is 2. The molecule has 1 heterocycles. The van der Waals surface area contributed by atoms with E-state index in [1.165, 1.54) is 23.5 Å². The summed E-state index contributed by atoms with van der Waals surface area (Å²) in [6.45, 7) is 3.94. The standard InChI is InChI=1S/C20H25FN4O2S/c1-3-12(2)16(22-17(26)13-6-4-5-7-13)18(27)23-20-25-24-19(28-20)14-8-10-15(21)11-9-14/h8-13,16H,3-7H2,1-2H3,(H,22,26)(H,23,25,27)/t12-,16-/m1/s1. The summed E-state index contributed by atoms with van der Waals surface area (Å²) in [6.07, 6.45) is 4.67. The Balaban J connectivity index is 1.67. The van der Waals surface area contributed by atoms with Crippen LogP contribution in [0, 0.1) is 17.7 Å². The Morgan fingerprint density at radius 1 is 1.21 bits per heavy atom. The fourth-order valence-corrected chi connectivity index (χ4v) is 4.08. The van der Waals surface area contributed by atoms with Crippen LogP contribution in [-0.2, 0) is 9.59 Å². The van der Waals surface area contributed by atoms with Crippen molar-refractivity contribution in [1.82, 2.24) is 15.5 Å². The average Bonchev–Trinajstić information content (AvgIpc) is 3.38. The Morgan fingerprint density at radius 2 is 1.89 bits per heavy atom. The average molecular weight is 405 g/mol. The normalized spacial score (nSPS) is 16.5. The molecule has 2 N–H and O–H groups in total. The second kappa shape index (κ2) is 9.23. The Hall–Kier alpha value is -2.35. The number of anilines is 1. The van der Waals surface area contributed by atoms with Crippen LogP contribution in [0.1, 0.15) is 46.0 Å². The largest absolute Gasteiger partial charge is 0.344 e. The number of amides is 2. The molecule has 28 heavy (non-hydrogen) atoms. The molecular formula is C20H25FN4O2S. The number of benzene rings is 1. The summed E-state index contributed by atoms with van der Waals surface area (Å²) in [5.41, 5.74) is 0.729. The molecule has 2 aromatic rings. The molecule has 1 aliphatic carbocycles. The lowest BCUT2D eigenvalue weighted by Crippen LogP contribution is -2.49. The first-order valence-corrected chi connectivity index (χ1v) is 10.5. The van der Waals surface area contributed by atoms with E-state index < -0.39 is 6.04 Å². The van der Waals surface area contributed by atoms with Gasteiger partial charge in [-0.1, -0.05) is 44.4 Å². The van der Waals surface area contributed by atoms with Crippen LogP contribution in [0.15, 0.2) is 24.3 Å². The van der Waals surface area contributed by atoms with Crippen molar-refractivity contribution in [3.05, 3.63) is 30.1 Å². The second-order valence-electron chi connectivity index (χ2n) is 7.26. The summed E-state index contributed by atoms with van der Waals surface area (Å²) in [5.74, 6) is -0.651. The van der Waals surface area contributed by atoms with E-state index in [4.69, 9.17) is 0 Å². The molecule has 2 amide bonds. The summed E-state index contributed by atoms with van der Waals surface area (Å²) in [4.78, 5) is 25.3. The van der Waals surface area contributed by atoms with Crippen molar-refractivity contribution in [3.8, 4) is 10.6 Å². The van der Waals surface area contributed by atoms with Crippen LogP contribution in [0.4, 0.5) is 9.52 Å². The van der Waals surface area contributed by atoms with Crippen LogP contribution in [-0.4, -0.2) is 28.1 Å². The van der Waals surface area contributed by atoms with Gasteiger partial charge in [0.2, 0.25) is 16.9 Å². The highest BCUT2D eigenvalue weighted by Gasteiger charge is 2.30. The summed E-state index contributed by atoms with van der Waals surface area (Å²) < 4.78 is 13.1. The SMILES string of the molecule is CC[C@@H](C)[C@@H](NC(=O)C1CCCC1)C(=O)Nc1nnc(-c2ccc(F)cc2)s1. The van der Waals surface area contributed by atoms with Gasteiger partial charge in [-0.2, -0.15) is 0 Å². The lowest BCUT2D eigenvalue weighted by atomic mass is 9.97. The van der Waals surface area contributed by atoms with Crippen molar-refractivity contribution in [2.75, 3.05) is 5.32 Å². The molecule has 150 valence electrons. The molecule has 0 aliphatic heterocycles. The summed E-state index contributed by atoms with van der Waals surface area (Å²) in [6, 6.07) is 5.33. The van der Waals surface area contributed by atoms with E-state index in [9.17, 15) is 14.0 Å². The monoisotopic (exact) mass is 404 g/mol. The van der Waals surface area contributed by atoms with Gasteiger partial charge in [0.1, 0.15) is 16.9 Å². The fourth-order valence-electron chi connectivity index (χ4n) is 3.33. The smallest absolute Gasteiger partial charge is 0.249 e. The number of halogens is 1. The molecule has 0 bridgehead atoms. The molecule has 0 spiro atoms. The highest BCUT2D eigenvalue weighted by molar-refractivity contribution is 7.18. The minimum absolute atomic E-state index is 0.00477. The molecule has 6 nitrogen and oxygen atoms in total. The Bertz CT molecular complexity index is 818. The van der Waals surface area contributed by atoms with Crippen molar-refractivity contribution >= 4 is 28.3 Å². The van der Waals surface area contributed by atoms with Crippen LogP contribution >= 0.6 is 11.3 Å². The van der Waals surface area contributed by atoms with Gasteiger partial charge in [0, 0.05) is 11.5 Å². The number of nitrogens with one attached hydrogen (secondary N) is 2. The van der Waals surface area contributed by atoms with E-state index in [-0.39, 0.29) is 29.5 Å². The van der Waals surface area contributed by atoms with Gasteiger partial charge in [-0.25, -0.2) is 4.39 Å². The molecular weight excluding hydrogens is 379 g/mol. The van der Waals surface area contributed by atoms with E-state index in [2.05, 4.69) is 20.8 Å². The van der Waals surface area contributed by atoms with Crippen molar-refractivity contribution in [2.24, 2.45) is 11.8 Å². The minimum Gasteiger partial charge on any atom is -0.344 e. The van der Waals surface area contributed by atoms with Gasteiger partial charge in [0.05, 0.1) is 0 Å². The van der Waals surface area contributed by atoms with Crippen molar-refractivity contribution < 1.29 is 14.0 Å². The number of rotatable bonds is 7. The lowest BCUT2D eigenvalue weighted by molar-refractivity contribution is -0.130. The lowest BCUT2D eigenvalue weighted by Gasteiger charge is -2.24. The van der Waals surface area contributed by atoms with Crippen molar-refractivity contribution in [2.45, 2.75) is 52.0 Å². The third-order valence-corrected chi connectivity index (χ3v) is 6.15. The third kappa shape index (κ3) is 4.92. The first kappa shape index (κ1) is 20.4. The van der Waals surface area contributed by atoms with Gasteiger partial charge in [-0.05, 0) is 43.0 Å². The van der Waals surface area contributed by atoms with E-state index >= 15 is 0 Å². The maximum atomic E-state index is 13.1. The molecule has 0 radical (unpaired) electrons. The summed E-state index contributed by atoms with van der Waals surface area (Å²) >= 11 is 1.21. The van der Waals surface area contributed by atoms with Crippen LogP contribution in [0.5, 0.6) is 0 Å². The number of nitrogens with zero attached hydrogens (tertiary/aromatic N) is 2. The molecule has 1 fully saturated rings. The quantitative estimate of drug-likeness (QED) is 0.730. The number of carbonyl (C=O) groups excluding carboxylic acids is 2. The molecule has 1 saturated carbocycles. The molecule has 0 unspecified atom stereocenters. The highest BCUT2D eigenvalue weighted by Crippen LogP contribution is 2.27. The number of hydrogen-bond donors (Lipinski definition) is 2. The zero-order chi connectivity index (χ0) is 20.1. The van der Waals surface area contributed by atoms with Gasteiger partial charge < -0.3 is 5.32 Å². The number of hydrogen-bond acceptors (Lipinski definition) is 5. The van der Waals surface area contributed by atoms with Gasteiger partial charge in [0.25, 0.3) is 0 Å². The van der Waals surface area contributed by atoms with Crippen LogP contribution in [0.25, 0.3) is 10.6 Å². The molecule has 1 aromatic carbocycles. The minimum atomic E-state index is -0.615. The van der Waals surface area contributed by atoms with E-state index in [0.29, 0.717) is 10.1 Å². The maximum Gasteiger partial charge on any atom is 0.249 e. The predicted molar refractivity (Wildman–Crippen MR) is 107 cm³/mol. The molecule has 0 saturated heterocycles. The molecule has 8 heteroatoms. The van der Waals surface area contributed by atoms with E-state index in [0.717, 1.165) is 37.7 Å². The summed E-state index contributed by atoms with van der Waals surface area (Å²) in [7, 11) is 0. The van der Waals surface area contributed by atoms with Crippen LogP contribution in [0.2, 0.25) is 0 Å². The third-order valence-electron chi connectivity index (χ3n) is 5.27. The fraction of sp³-hybridized carbons (Fsp3) is 0.500. The van der Waals surface area contributed by atoms with E-state index in [1.54, 1.807) is 12.1 Å². The Labute approximate surface area is 167 Å². The predicted octanol–water partition coefficient (Wildman–Crippen LogP) is 4.00. The highest BCUT2D eigenvalue weighted by atomic mass is 32.1. The Kier molecular flexibility index (Phi) is 6.72. The topological polar surface area (TPSA) is 84.0 Å². The van der Waals surface area contributed by atoms with Gasteiger partial charge >= 0.3 is 0 Å². The molecule has 2 atom stereocenters. The number of carbonyl (C=O) groups is 2. The van der Waals surface area contributed by atoms with Crippen LogP contribution in [0.3, 0.4) is 0 Å². The van der Waals surface area contributed by atoms with Gasteiger partial charge in [-0.3, -0.25) is 14.9 Å². The second-order valence-corrected chi connectivity index (χ2v) is 8.24. The van der Waals surface area contributed by atoms with Gasteiger partial charge in [-0.15, -0.1) is 10.2 Å². The maximum absolute atomic E-state index is 13.1. The first-order chi connectivity index (χ1) is 13.5. The van der Waals surface area contributed by atoms with Crippen molar-refractivity contribution in [1.29, 1.82) is 0 Å². The van der Waals surface area contributed by atoms with Crippen molar-refractivity contribution in [3.63, 3.8) is 0 Å². The molecule has 1 aliphatic rings. The van der Waals surface area contributed by atoms with Gasteiger partial charge in [0.15, 0.2) is 0 Å². The van der Waals surface area contributed by atoms with E-state index in [1.807, 2.05) is 13.8 Å². The Morgan fingerprint density at radius 3 is 2.54 bits per heavy atom. The van der Waals surface area contributed by atoms with Crippen LogP contribution < -0.4 is 10.6 Å². The zero-order valence-electron chi connectivity index (χ0n) is 16.1. The zero-order valence-corrected chi connectivity index (χ0v) is 16.9. The first-order valence-electron chi connectivity index (χ1n) is 9.68. The molecule has 3 rings (SSSR count).